The van der Waals surface area contributed by atoms with Crippen LogP contribution in [0.2, 0.25) is 0 Å². The number of nitrogens with zero attached hydrogens (tertiary/aromatic N) is 1. The van der Waals surface area contributed by atoms with E-state index in [-0.39, 0.29) is 16.8 Å². The highest BCUT2D eigenvalue weighted by molar-refractivity contribution is 7.89. The van der Waals surface area contributed by atoms with Crippen LogP contribution >= 0.6 is 0 Å². The Hall–Kier alpha value is -2.90. The van der Waals surface area contributed by atoms with Gasteiger partial charge >= 0.3 is 0 Å². The lowest BCUT2D eigenvalue weighted by molar-refractivity contribution is 0.0713. The van der Waals surface area contributed by atoms with Gasteiger partial charge < -0.3 is 9.64 Å². The van der Waals surface area contributed by atoms with Crippen LogP contribution in [0.1, 0.15) is 23.2 Å². The first kappa shape index (κ1) is 20.4. The molecule has 3 aromatic carbocycles. The Bertz CT molecular complexity index is 1150. The van der Waals surface area contributed by atoms with Gasteiger partial charge in [-0.3, -0.25) is 4.79 Å². The van der Waals surface area contributed by atoms with E-state index in [1.807, 2.05) is 42.5 Å². The molecule has 1 fully saturated rings. The number of ether oxygens (including phenoxy) is 1. The molecule has 1 heterocycles. The molecule has 30 heavy (non-hydrogen) atoms. The van der Waals surface area contributed by atoms with Crippen LogP contribution < -0.4 is 9.46 Å². The number of carbonyl (C=O) groups excluding carboxylic acids is 1. The van der Waals surface area contributed by atoms with Gasteiger partial charge in [0.05, 0.1) is 12.0 Å². The highest BCUT2D eigenvalue weighted by Crippen LogP contribution is 2.23. The largest absolute Gasteiger partial charge is 0.497 e. The molecule has 0 bridgehead atoms. The average molecular weight is 425 g/mol. The Morgan fingerprint density at radius 3 is 2.33 bits per heavy atom. The molecule has 1 saturated heterocycles. The van der Waals surface area contributed by atoms with Crippen LogP contribution in [0, 0.1) is 0 Å². The van der Waals surface area contributed by atoms with Crippen LogP contribution in [0.25, 0.3) is 10.8 Å². The first-order chi connectivity index (χ1) is 14.5. The van der Waals surface area contributed by atoms with Crippen molar-refractivity contribution in [2.45, 2.75) is 23.8 Å². The van der Waals surface area contributed by atoms with Gasteiger partial charge in [0, 0.05) is 24.7 Å². The summed E-state index contributed by atoms with van der Waals surface area (Å²) < 4.78 is 33.1. The molecule has 0 atom stereocenters. The Kier molecular flexibility index (Phi) is 5.74. The number of hydrogen-bond acceptors (Lipinski definition) is 4. The number of likely N-dealkylation sites (tertiary alicyclic amines) is 1. The number of carbonyl (C=O) groups is 1. The zero-order chi connectivity index (χ0) is 21.1. The third kappa shape index (κ3) is 4.17. The molecule has 0 radical (unpaired) electrons. The van der Waals surface area contributed by atoms with E-state index in [0.717, 1.165) is 10.8 Å². The average Bonchev–Trinajstić information content (AvgIpc) is 2.78. The quantitative estimate of drug-likeness (QED) is 0.681. The number of amides is 1. The third-order valence-electron chi connectivity index (χ3n) is 5.49. The van der Waals surface area contributed by atoms with Gasteiger partial charge in [-0.15, -0.1) is 0 Å². The molecule has 0 spiro atoms. The van der Waals surface area contributed by atoms with E-state index in [1.165, 1.54) is 19.2 Å². The first-order valence-corrected chi connectivity index (χ1v) is 11.4. The third-order valence-corrected chi connectivity index (χ3v) is 7.03. The second-order valence-corrected chi connectivity index (χ2v) is 9.10. The van der Waals surface area contributed by atoms with Crippen molar-refractivity contribution in [3.05, 3.63) is 72.3 Å². The highest BCUT2D eigenvalue weighted by Gasteiger charge is 2.27. The van der Waals surface area contributed by atoms with E-state index >= 15 is 0 Å². The van der Waals surface area contributed by atoms with Gasteiger partial charge in [-0.2, -0.15) is 0 Å². The van der Waals surface area contributed by atoms with Gasteiger partial charge in [-0.1, -0.05) is 36.4 Å². The van der Waals surface area contributed by atoms with Gasteiger partial charge in [0.2, 0.25) is 10.0 Å². The van der Waals surface area contributed by atoms with Crippen LogP contribution in [-0.4, -0.2) is 45.5 Å². The molecule has 1 aliphatic rings. The molecule has 4 rings (SSSR count). The fraction of sp³-hybridized carbons (Fsp3) is 0.261. The number of benzene rings is 3. The number of nitrogens with one attached hydrogen (secondary N) is 1. The maximum atomic E-state index is 13.1. The number of methoxy groups -OCH3 is 1. The summed E-state index contributed by atoms with van der Waals surface area (Å²) in [7, 11) is -2.08. The molecular formula is C23H24N2O4S. The van der Waals surface area contributed by atoms with Crippen molar-refractivity contribution in [1.82, 2.24) is 9.62 Å². The summed E-state index contributed by atoms with van der Waals surface area (Å²) in [6, 6.07) is 19.7. The Labute approximate surface area is 176 Å². The summed E-state index contributed by atoms with van der Waals surface area (Å²) in [6.45, 7) is 1.02. The Morgan fingerprint density at radius 1 is 0.967 bits per heavy atom. The van der Waals surface area contributed by atoms with Crippen molar-refractivity contribution >= 4 is 26.7 Å². The molecule has 156 valence electrons. The minimum absolute atomic E-state index is 0.0109. The van der Waals surface area contributed by atoms with Gasteiger partial charge in [0.15, 0.2) is 0 Å². The number of sulfonamides is 1. The zero-order valence-electron chi connectivity index (χ0n) is 16.7. The lowest BCUT2D eigenvalue weighted by Crippen LogP contribution is -2.46. The number of piperidine rings is 1. The molecule has 1 aliphatic heterocycles. The van der Waals surface area contributed by atoms with Gasteiger partial charge in [-0.05, 0) is 53.9 Å². The zero-order valence-corrected chi connectivity index (χ0v) is 17.6. The van der Waals surface area contributed by atoms with Crippen molar-refractivity contribution in [2.24, 2.45) is 0 Å². The molecule has 6 nitrogen and oxygen atoms in total. The van der Waals surface area contributed by atoms with Crippen molar-refractivity contribution in [2.75, 3.05) is 20.2 Å². The van der Waals surface area contributed by atoms with Crippen molar-refractivity contribution in [3.63, 3.8) is 0 Å². The molecule has 0 saturated carbocycles. The summed E-state index contributed by atoms with van der Waals surface area (Å²) in [4.78, 5) is 15.1. The minimum Gasteiger partial charge on any atom is -0.497 e. The van der Waals surface area contributed by atoms with E-state index in [4.69, 9.17) is 4.74 Å². The molecule has 1 amide bonds. The van der Waals surface area contributed by atoms with E-state index in [2.05, 4.69) is 4.72 Å². The van der Waals surface area contributed by atoms with Crippen LogP contribution in [0.3, 0.4) is 0 Å². The predicted octanol–water partition coefficient (Wildman–Crippen LogP) is 3.43. The van der Waals surface area contributed by atoms with E-state index in [1.54, 1.807) is 17.0 Å². The van der Waals surface area contributed by atoms with E-state index in [0.29, 0.717) is 37.2 Å². The lowest BCUT2D eigenvalue weighted by atomic mass is 10.0. The first-order valence-electron chi connectivity index (χ1n) is 9.91. The van der Waals surface area contributed by atoms with Crippen molar-refractivity contribution in [1.29, 1.82) is 0 Å². The summed E-state index contributed by atoms with van der Waals surface area (Å²) in [5, 5.41) is 1.97. The second kappa shape index (κ2) is 8.45. The number of hydrogen-bond donors (Lipinski definition) is 1. The topological polar surface area (TPSA) is 75.7 Å². The second-order valence-electron chi connectivity index (χ2n) is 7.39. The van der Waals surface area contributed by atoms with Gasteiger partial charge in [0.1, 0.15) is 5.75 Å². The number of rotatable bonds is 5. The van der Waals surface area contributed by atoms with Crippen LogP contribution in [-0.2, 0) is 10.0 Å². The Morgan fingerprint density at radius 2 is 1.63 bits per heavy atom. The maximum absolute atomic E-state index is 13.1. The molecule has 0 aliphatic carbocycles. The van der Waals surface area contributed by atoms with Crippen LogP contribution in [0.15, 0.2) is 71.6 Å². The molecular weight excluding hydrogens is 400 g/mol. The molecule has 7 heteroatoms. The van der Waals surface area contributed by atoms with Crippen LogP contribution in [0.5, 0.6) is 5.75 Å². The molecule has 0 unspecified atom stereocenters. The van der Waals surface area contributed by atoms with Gasteiger partial charge in [-0.25, -0.2) is 13.1 Å². The van der Waals surface area contributed by atoms with Crippen LogP contribution in [0.4, 0.5) is 0 Å². The highest BCUT2D eigenvalue weighted by atomic mass is 32.2. The fourth-order valence-corrected chi connectivity index (χ4v) is 5.13. The van der Waals surface area contributed by atoms with E-state index < -0.39 is 10.0 Å². The smallest absolute Gasteiger partial charge is 0.254 e. The van der Waals surface area contributed by atoms with Crippen molar-refractivity contribution in [3.8, 4) is 5.75 Å². The standard InChI is InChI=1S/C23H24N2O4S/c1-29-19-9-11-20(12-10-19)30(27,28)24-18-13-15-25(16-14-18)23(26)22-8-4-6-17-5-2-3-7-21(17)22/h2-12,18,24H,13-16H2,1H3. The molecule has 1 N–H and O–H groups in total. The molecule has 3 aromatic rings. The fourth-order valence-electron chi connectivity index (χ4n) is 3.83. The van der Waals surface area contributed by atoms with Gasteiger partial charge in [0.25, 0.3) is 5.91 Å². The normalized spacial score (nSPS) is 15.3. The monoisotopic (exact) mass is 424 g/mol. The summed E-state index contributed by atoms with van der Waals surface area (Å²) >= 11 is 0. The van der Waals surface area contributed by atoms with E-state index in [9.17, 15) is 13.2 Å². The summed E-state index contributed by atoms with van der Waals surface area (Å²) in [5.41, 5.74) is 0.686. The minimum atomic E-state index is -3.61. The SMILES string of the molecule is COc1ccc(S(=O)(=O)NC2CCN(C(=O)c3cccc4ccccc34)CC2)cc1. The predicted molar refractivity (Wildman–Crippen MR) is 116 cm³/mol. The molecule has 0 aromatic heterocycles. The van der Waals surface area contributed by atoms with Crippen molar-refractivity contribution < 1.29 is 17.9 Å². The summed E-state index contributed by atoms with van der Waals surface area (Å²) in [6.07, 6.45) is 1.15. The maximum Gasteiger partial charge on any atom is 0.254 e. The Balaban J connectivity index is 1.41. The number of fused-ring (bicyclic) bond motifs is 1. The lowest BCUT2D eigenvalue weighted by Gasteiger charge is -2.32. The summed E-state index contributed by atoms with van der Waals surface area (Å²) in [5.74, 6) is 0.595.